The van der Waals surface area contributed by atoms with Gasteiger partial charge >= 0.3 is 5.88 Å². The fraction of sp³-hybridized carbons (Fsp3) is 0.444. The SMILES string of the molecule is CC[C@@H](C)C(=O)c1ccc([N+](=O)[O-])o1. The number of carbonyl (C=O) groups excluding carboxylic acids is 1. The maximum Gasteiger partial charge on any atom is 0.433 e. The lowest BCUT2D eigenvalue weighted by molar-refractivity contribution is -0.402. The molecule has 0 radical (unpaired) electrons. The highest BCUT2D eigenvalue weighted by atomic mass is 16.6. The summed E-state index contributed by atoms with van der Waals surface area (Å²) in [6.07, 6.45) is 0.688. The Balaban J connectivity index is 2.87. The molecule has 1 aromatic heterocycles. The molecule has 1 rings (SSSR count). The zero-order valence-electron chi connectivity index (χ0n) is 8.02. The number of hydrogen-bond acceptors (Lipinski definition) is 4. The molecule has 0 saturated heterocycles. The molecular weight excluding hydrogens is 186 g/mol. The van der Waals surface area contributed by atoms with Gasteiger partial charge in [-0.2, -0.15) is 0 Å². The van der Waals surface area contributed by atoms with Gasteiger partial charge in [0.2, 0.25) is 5.78 Å². The third kappa shape index (κ3) is 1.99. The van der Waals surface area contributed by atoms with Crippen LogP contribution in [-0.4, -0.2) is 10.7 Å². The van der Waals surface area contributed by atoms with Crippen LogP contribution in [0.4, 0.5) is 5.88 Å². The lowest BCUT2D eigenvalue weighted by Gasteiger charge is -2.02. The second kappa shape index (κ2) is 4.04. The largest absolute Gasteiger partial charge is 0.433 e. The van der Waals surface area contributed by atoms with Gasteiger partial charge in [0.25, 0.3) is 0 Å². The van der Waals surface area contributed by atoms with E-state index in [1.807, 2.05) is 6.92 Å². The van der Waals surface area contributed by atoms with Gasteiger partial charge in [-0.15, -0.1) is 0 Å². The zero-order valence-corrected chi connectivity index (χ0v) is 8.02. The van der Waals surface area contributed by atoms with Crippen molar-refractivity contribution >= 4 is 11.7 Å². The van der Waals surface area contributed by atoms with Gasteiger partial charge in [-0.1, -0.05) is 13.8 Å². The molecule has 0 saturated carbocycles. The molecule has 1 atom stereocenters. The molecule has 0 unspecified atom stereocenters. The molecule has 0 fully saturated rings. The molecule has 0 N–H and O–H groups in total. The lowest BCUT2D eigenvalue weighted by atomic mass is 10.0. The van der Waals surface area contributed by atoms with E-state index in [9.17, 15) is 14.9 Å². The molecule has 5 heteroatoms. The Morgan fingerprint density at radius 3 is 2.71 bits per heavy atom. The summed E-state index contributed by atoms with van der Waals surface area (Å²) in [4.78, 5) is 21.1. The molecule has 0 aliphatic carbocycles. The third-order valence-corrected chi connectivity index (χ3v) is 2.07. The summed E-state index contributed by atoms with van der Waals surface area (Å²) in [6, 6.07) is 2.53. The van der Waals surface area contributed by atoms with Crippen molar-refractivity contribution in [3.8, 4) is 0 Å². The molecular formula is C9H11NO4. The Labute approximate surface area is 80.9 Å². The van der Waals surface area contributed by atoms with Crippen LogP contribution >= 0.6 is 0 Å². The molecule has 0 aliphatic rings. The Kier molecular flexibility index (Phi) is 3.01. The van der Waals surface area contributed by atoms with Gasteiger partial charge in [0.1, 0.15) is 4.92 Å². The maximum atomic E-state index is 11.5. The van der Waals surface area contributed by atoms with Crippen molar-refractivity contribution in [2.45, 2.75) is 20.3 Å². The predicted molar refractivity (Wildman–Crippen MR) is 49.1 cm³/mol. The Hall–Kier alpha value is -1.65. The fourth-order valence-electron chi connectivity index (χ4n) is 0.986. The van der Waals surface area contributed by atoms with Gasteiger partial charge in [-0.25, -0.2) is 0 Å². The molecule has 1 aromatic rings. The van der Waals surface area contributed by atoms with Gasteiger partial charge in [0.05, 0.1) is 6.07 Å². The van der Waals surface area contributed by atoms with Gasteiger partial charge in [0.15, 0.2) is 5.76 Å². The van der Waals surface area contributed by atoms with E-state index in [2.05, 4.69) is 0 Å². The minimum atomic E-state index is -0.659. The minimum absolute atomic E-state index is 0.0612. The van der Waals surface area contributed by atoms with E-state index in [1.165, 1.54) is 12.1 Å². The Morgan fingerprint density at radius 2 is 2.29 bits per heavy atom. The molecule has 5 nitrogen and oxygen atoms in total. The summed E-state index contributed by atoms with van der Waals surface area (Å²) in [5.74, 6) is -0.691. The van der Waals surface area contributed by atoms with E-state index in [0.717, 1.165) is 0 Å². The smallest absolute Gasteiger partial charge is 0.397 e. The van der Waals surface area contributed by atoms with E-state index in [4.69, 9.17) is 4.42 Å². The number of nitro groups is 1. The van der Waals surface area contributed by atoms with Crippen molar-refractivity contribution in [2.75, 3.05) is 0 Å². The monoisotopic (exact) mass is 197 g/mol. The first-order valence-corrected chi connectivity index (χ1v) is 4.34. The van der Waals surface area contributed by atoms with Crippen LogP contribution in [0.25, 0.3) is 0 Å². The highest BCUT2D eigenvalue weighted by Gasteiger charge is 2.20. The van der Waals surface area contributed by atoms with E-state index in [-0.39, 0.29) is 17.5 Å². The standard InChI is InChI=1S/C9H11NO4/c1-3-6(2)9(11)7-4-5-8(14-7)10(12)13/h4-6H,3H2,1-2H3/t6-/m1/s1. The van der Waals surface area contributed by atoms with Crippen molar-refractivity contribution in [2.24, 2.45) is 5.92 Å². The number of ketones is 1. The third-order valence-electron chi connectivity index (χ3n) is 2.07. The maximum absolute atomic E-state index is 11.5. The molecule has 0 bridgehead atoms. The van der Waals surface area contributed by atoms with Crippen molar-refractivity contribution in [1.82, 2.24) is 0 Å². The van der Waals surface area contributed by atoms with Crippen LogP contribution in [-0.2, 0) is 0 Å². The van der Waals surface area contributed by atoms with Crippen molar-refractivity contribution < 1.29 is 14.1 Å². The van der Waals surface area contributed by atoms with Crippen LogP contribution < -0.4 is 0 Å². The molecule has 76 valence electrons. The van der Waals surface area contributed by atoms with Crippen LogP contribution in [0.2, 0.25) is 0 Å². The number of furan rings is 1. The van der Waals surface area contributed by atoms with Gasteiger partial charge in [-0.3, -0.25) is 14.9 Å². The van der Waals surface area contributed by atoms with Crippen molar-refractivity contribution in [1.29, 1.82) is 0 Å². The van der Waals surface area contributed by atoms with Gasteiger partial charge in [-0.05, 0) is 12.5 Å². The Morgan fingerprint density at radius 1 is 1.64 bits per heavy atom. The highest BCUT2D eigenvalue weighted by molar-refractivity contribution is 5.95. The fourth-order valence-corrected chi connectivity index (χ4v) is 0.986. The lowest BCUT2D eigenvalue weighted by Crippen LogP contribution is -2.08. The second-order valence-electron chi connectivity index (χ2n) is 3.07. The molecule has 1 heterocycles. The van der Waals surface area contributed by atoms with Gasteiger partial charge < -0.3 is 4.42 Å². The summed E-state index contributed by atoms with van der Waals surface area (Å²) in [6.45, 7) is 3.64. The average molecular weight is 197 g/mol. The van der Waals surface area contributed by atoms with Crippen LogP contribution in [0.1, 0.15) is 30.8 Å². The van der Waals surface area contributed by atoms with Crippen LogP contribution in [0, 0.1) is 16.0 Å². The average Bonchev–Trinajstić information content (AvgIpc) is 2.64. The molecule has 14 heavy (non-hydrogen) atoms. The minimum Gasteiger partial charge on any atom is -0.397 e. The topological polar surface area (TPSA) is 73.3 Å². The van der Waals surface area contributed by atoms with E-state index >= 15 is 0 Å². The van der Waals surface area contributed by atoms with Gasteiger partial charge in [0, 0.05) is 5.92 Å². The van der Waals surface area contributed by atoms with E-state index in [1.54, 1.807) is 6.92 Å². The summed E-state index contributed by atoms with van der Waals surface area (Å²) in [5, 5.41) is 10.3. The van der Waals surface area contributed by atoms with Crippen molar-refractivity contribution in [3.63, 3.8) is 0 Å². The Bertz CT molecular complexity index is 355. The zero-order chi connectivity index (χ0) is 10.7. The van der Waals surface area contributed by atoms with Crippen LogP contribution in [0.15, 0.2) is 16.5 Å². The first kappa shape index (κ1) is 10.4. The molecule has 0 amide bonds. The number of carbonyl (C=O) groups is 1. The quantitative estimate of drug-likeness (QED) is 0.422. The second-order valence-corrected chi connectivity index (χ2v) is 3.07. The molecule has 0 aromatic carbocycles. The first-order chi connectivity index (χ1) is 6.56. The number of hydrogen-bond donors (Lipinski definition) is 0. The number of Topliss-reactive ketones (excluding diaryl/α,β-unsaturated/α-hetero) is 1. The van der Waals surface area contributed by atoms with E-state index in [0.29, 0.717) is 6.42 Å². The highest BCUT2D eigenvalue weighted by Crippen LogP contribution is 2.19. The normalized spacial score (nSPS) is 12.4. The van der Waals surface area contributed by atoms with Crippen LogP contribution in [0.5, 0.6) is 0 Å². The summed E-state index contributed by atoms with van der Waals surface area (Å²) in [5.41, 5.74) is 0. The number of nitrogens with zero attached hydrogens (tertiary/aromatic N) is 1. The van der Waals surface area contributed by atoms with Crippen LogP contribution in [0.3, 0.4) is 0 Å². The summed E-state index contributed by atoms with van der Waals surface area (Å²) >= 11 is 0. The molecule has 0 aliphatic heterocycles. The first-order valence-electron chi connectivity index (χ1n) is 4.34. The van der Waals surface area contributed by atoms with Crippen molar-refractivity contribution in [3.05, 3.63) is 28.0 Å². The van der Waals surface area contributed by atoms with E-state index < -0.39 is 10.8 Å². The number of rotatable bonds is 4. The predicted octanol–water partition coefficient (Wildman–Crippen LogP) is 2.42. The summed E-state index contributed by atoms with van der Waals surface area (Å²) in [7, 11) is 0. The molecule has 0 spiro atoms. The summed E-state index contributed by atoms with van der Waals surface area (Å²) < 4.78 is 4.78.